The number of hydrogen-bond acceptors (Lipinski definition) is 5. The summed E-state index contributed by atoms with van der Waals surface area (Å²) in [5.41, 5.74) is 0. The lowest BCUT2D eigenvalue weighted by atomic mass is 9.95. The van der Waals surface area contributed by atoms with E-state index in [4.69, 9.17) is 11.6 Å². The van der Waals surface area contributed by atoms with Gasteiger partial charge >= 0.3 is 0 Å². The van der Waals surface area contributed by atoms with E-state index >= 15 is 0 Å². The Hall–Kier alpha value is -0.440. The maximum atomic E-state index is 12.1. The fourth-order valence-corrected chi connectivity index (χ4v) is 6.26. The van der Waals surface area contributed by atoms with Crippen molar-refractivity contribution in [3.63, 3.8) is 0 Å². The van der Waals surface area contributed by atoms with Crippen LogP contribution >= 0.6 is 34.3 Å². The third-order valence-electron chi connectivity index (χ3n) is 4.07. The van der Waals surface area contributed by atoms with Crippen LogP contribution in [0.1, 0.15) is 23.6 Å². The Morgan fingerprint density at radius 1 is 1.26 bits per heavy atom. The molecule has 0 unspecified atom stereocenters. The third kappa shape index (κ3) is 4.55. The maximum absolute atomic E-state index is 12.1. The first-order valence-corrected chi connectivity index (χ1v) is 11.1. The third-order valence-corrected chi connectivity index (χ3v) is 8.29. The molecular weight excluding hydrogens is 372 g/mol. The Labute approximate surface area is 150 Å². The minimum atomic E-state index is -3.43. The van der Waals surface area contributed by atoms with E-state index in [1.165, 1.54) is 4.88 Å². The van der Waals surface area contributed by atoms with Gasteiger partial charge in [0.2, 0.25) is 10.0 Å². The fourth-order valence-electron chi connectivity index (χ4n) is 2.82. The Kier molecular flexibility index (Phi) is 5.77. The molecule has 3 rings (SSSR count). The molecule has 0 atom stereocenters. The van der Waals surface area contributed by atoms with Gasteiger partial charge in [-0.2, -0.15) is 0 Å². The molecule has 1 aliphatic heterocycles. The zero-order valence-corrected chi connectivity index (χ0v) is 15.8. The van der Waals surface area contributed by atoms with Crippen LogP contribution in [-0.4, -0.2) is 39.5 Å². The summed E-state index contributed by atoms with van der Waals surface area (Å²) in [7, 11) is -3.43. The highest BCUT2D eigenvalue weighted by Crippen LogP contribution is 2.30. The molecule has 0 aromatic carbocycles. The van der Waals surface area contributed by atoms with Gasteiger partial charge in [0, 0.05) is 18.0 Å². The highest BCUT2D eigenvalue weighted by Gasteiger charge is 2.22. The van der Waals surface area contributed by atoms with Gasteiger partial charge in [-0.25, -0.2) is 13.1 Å². The normalized spacial score (nSPS) is 17.6. The van der Waals surface area contributed by atoms with E-state index in [9.17, 15) is 8.42 Å². The molecule has 1 aliphatic rings. The van der Waals surface area contributed by atoms with Gasteiger partial charge in [-0.3, -0.25) is 0 Å². The monoisotopic (exact) mass is 390 g/mol. The van der Waals surface area contributed by atoms with E-state index in [1.807, 2.05) is 11.3 Å². The van der Waals surface area contributed by atoms with Gasteiger partial charge in [0.1, 0.15) is 4.21 Å². The van der Waals surface area contributed by atoms with Gasteiger partial charge in [-0.1, -0.05) is 17.7 Å². The van der Waals surface area contributed by atoms with Crippen molar-refractivity contribution in [3.8, 4) is 0 Å². The van der Waals surface area contributed by atoms with Gasteiger partial charge in [0.05, 0.1) is 4.34 Å². The van der Waals surface area contributed by atoms with Crippen molar-refractivity contribution in [2.75, 3.05) is 26.2 Å². The minimum absolute atomic E-state index is 0.277. The number of hydrogen-bond donors (Lipinski definition) is 1. The second-order valence-corrected chi connectivity index (χ2v) is 10.3. The van der Waals surface area contributed by atoms with Gasteiger partial charge in [0.15, 0.2) is 0 Å². The molecule has 0 aliphatic carbocycles. The number of rotatable bonds is 6. The second kappa shape index (κ2) is 7.63. The number of piperidine rings is 1. The highest BCUT2D eigenvalue weighted by atomic mass is 35.5. The predicted molar refractivity (Wildman–Crippen MR) is 97.3 cm³/mol. The van der Waals surface area contributed by atoms with Crippen molar-refractivity contribution < 1.29 is 8.42 Å². The molecule has 1 N–H and O–H groups in total. The lowest BCUT2D eigenvalue weighted by molar-refractivity contribution is 0.217. The average molecular weight is 391 g/mol. The number of nitrogens with one attached hydrogen (secondary N) is 1. The second-order valence-electron chi connectivity index (χ2n) is 5.59. The van der Waals surface area contributed by atoms with Crippen LogP contribution in [0.3, 0.4) is 0 Å². The summed E-state index contributed by atoms with van der Waals surface area (Å²) in [6.07, 6.45) is 2.29. The standard InChI is InChI=1S/C15H19ClN2O2S3/c16-14-3-4-15(22-14)23(19,20)17-7-10-18-8-5-12(6-9-18)13-2-1-11-21-13/h1-4,11-12,17H,5-10H2. The molecule has 2 aromatic rings. The SMILES string of the molecule is O=S(=O)(NCCN1CCC(c2cccs2)CC1)c1ccc(Cl)s1. The zero-order chi connectivity index (χ0) is 16.3. The van der Waals surface area contributed by atoms with Crippen molar-refractivity contribution in [2.45, 2.75) is 23.0 Å². The molecule has 23 heavy (non-hydrogen) atoms. The summed E-state index contributed by atoms with van der Waals surface area (Å²) < 4.78 is 27.7. The van der Waals surface area contributed by atoms with E-state index in [2.05, 4.69) is 27.1 Å². The zero-order valence-electron chi connectivity index (χ0n) is 12.6. The number of likely N-dealkylation sites (tertiary alicyclic amines) is 1. The molecule has 0 amide bonds. The van der Waals surface area contributed by atoms with Gasteiger partial charge in [-0.15, -0.1) is 22.7 Å². The maximum Gasteiger partial charge on any atom is 0.250 e. The summed E-state index contributed by atoms with van der Waals surface area (Å²) >= 11 is 8.71. The van der Waals surface area contributed by atoms with E-state index in [0.29, 0.717) is 16.8 Å². The highest BCUT2D eigenvalue weighted by molar-refractivity contribution is 7.91. The van der Waals surface area contributed by atoms with Crippen molar-refractivity contribution in [1.29, 1.82) is 0 Å². The van der Waals surface area contributed by atoms with Crippen LogP contribution in [0.5, 0.6) is 0 Å². The first-order valence-electron chi connectivity index (χ1n) is 7.55. The van der Waals surface area contributed by atoms with Gasteiger partial charge in [0.25, 0.3) is 0 Å². The van der Waals surface area contributed by atoms with E-state index in [1.54, 1.807) is 12.1 Å². The number of halogens is 1. The van der Waals surface area contributed by atoms with Crippen LogP contribution in [0.15, 0.2) is 33.9 Å². The van der Waals surface area contributed by atoms with Crippen LogP contribution in [0.4, 0.5) is 0 Å². The van der Waals surface area contributed by atoms with Crippen molar-refractivity contribution in [3.05, 3.63) is 38.9 Å². The molecule has 1 fully saturated rings. The molecule has 3 heterocycles. The Morgan fingerprint density at radius 2 is 2.04 bits per heavy atom. The van der Waals surface area contributed by atoms with Crippen molar-refractivity contribution in [1.82, 2.24) is 9.62 Å². The molecule has 0 spiro atoms. The summed E-state index contributed by atoms with van der Waals surface area (Å²) in [6, 6.07) is 7.47. The topological polar surface area (TPSA) is 49.4 Å². The van der Waals surface area contributed by atoms with Crippen LogP contribution in [0.2, 0.25) is 4.34 Å². The predicted octanol–water partition coefficient (Wildman–Crippen LogP) is 3.62. The van der Waals surface area contributed by atoms with Crippen LogP contribution in [0.25, 0.3) is 0 Å². The van der Waals surface area contributed by atoms with Crippen LogP contribution in [-0.2, 0) is 10.0 Å². The lowest BCUT2D eigenvalue weighted by Gasteiger charge is -2.31. The molecule has 4 nitrogen and oxygen atoms in total. The lowest BCUT2D eigenvalue weighted by Crippen LogP contribution is -2.39. The van der Waals surface area contributed by atoms with E-state index in [-0.39, 0.29) is 4.21 Å². The molecule has 8 heteroatoms. The molecule has 126 valence electrons. The summed E-state index contributed by atoms with van der Waals surface area (Å²) in [4.78, 5) is 3.80. The average Bonchev–Trinajstić information content (AvgIpc) is 3.19. The van der Waals surface area contributed by atoms with Crippen LogP contribution in [0, 0.1) is 0 Å². The van der Waals surface area contributed by atoms with E-state index < -0.39 is 10.0 Å². The number of sulfonamides is 1. The van der Waals surface area contributed by atoms with Gasteiger partial charge in [-0.05, 0) is 55.4 Å². The quantitative estimate of drug-likeness (QED) is 0.819. The largest absolute Gasteiger partial charge is 0.302 e. The first kappa shape index (κ1) is 17.4. The molecular formula is C15H19ClN2O2S3. The smallest absolute Gasteiger partial charge is 0.250 e. The molecule has 0 radical (unpaired) electrons. The summed E-state index contributed by atoms with van der Waals surface area (Å²) in [5.74, 6) is 0.663. The summed E-state index contributed by atoms with van der Waals surface area (Å²) in [5, 5.41) is 2.13. The summed E-state index contributed by atoms with van der Waals surface area (Å²) in [6.45, 7) is 3.22. The Balaban J connectivity index is 1.43. The fraction of sp³-hybridized carbons (Fsp3) is 0.467. The van der Waals surface area contributed by atoms with E-state index in [0.717, 1.165) is 43.8 Å². The van der Waals surface area contributed by atoms with Crippen LogP contribution < -0.4 is 4.72 Å². The minimum Gasteiger partial charge on any atom is -0.302 e. The molecule has 1 saturated heterocycles. The number of nitrogens with zero attached hydrogens (tertiary/aromatic N) is 1. The number of thiophene rings is 2. The Bertz CT molecular complexity index is 720. The van der Waals surface area contributed by atoms with Crippen molar-refractivity contribution in [2.24, 2.45) is 0 Å². The molecule has 0 saturated carbocycles. The Morgan fingerprint density at radius 3 is 2.65 bits per heavy atom. The molecule has 2 aromatic heterocycles. The van der Waals surface area contributed by atoms with Crippen molar-refractivity contribution >= 4 is 44.3 Å². The molecule has 0 bridgehead atoms. The first-order chi connectivity index (χ1) is 11.0. The van der Waals surface area contributed by atoms with Gasteiger partial charge < -0.3 is 4.90 Å².